The molecule has 1 aliphatic rings. The van der Waals surface area contributed by atoms with E-state index in [0.29, 0.717) is 5.13 Å². The molecule has 0 bridgehead atoms. The summed E-state index contributed by atoms with van der Waals surface area (Å²) in [7, 11) is 0. The van der Waals surface area contributed by atoms with Gasteiger partial charge >= 0.3 is 0 Å². The van der Waals surface area contributed by atoms with E-state index in [2.05, 4.69) is 15.5 Å². The van der Waals surface area contributed by atoms with Gasteiger partial charge in [0.1, 0.15) is 0 Å². The first-order chi connectivity index (χ1) is 12.0. The van der Waals surface area contributed by atoms with Crippen LogP contribution in [-0.4, -0.2) is 45.8 Å². The first-order valence-electron chi connectivity index (χ1n) is 7.49. The highest BCUT2D eigenvalue weighted by atomic mass is 32.2. The van der Waals surface area contributed by atoms with Crippen LogP contribution in [0.4, 0.5) is 13.9 Å². The van der Waals surface area contributed by atoms with Crippen molar-refractivity contribution in [2.24, 2.45) is 5.92 Å². The van der Waals surface area contributed by atoms with Gasteiger partial charge < -0.3 is 10.2 Å². The quantitative estimate of drug-likeness (QED) is 0.634. The van der Waals surface area contributed by atoms with E-state index in [9.17, 15) is 18.4 Å². The Morgan fingerprint density at radius 1 is 1.32 bits per heavy atom. The van der Waals surface area contributed by atoms with Gasteiger partial charge in [0.25, 0.3) is 5.91 Å². The Morgan fingerprint density at radius 2 is 2.08 bits per heavy atom. The van der Waals surface area contributed by atoms with Crippen LogP contribution in [0.25, 0.3) is 0 Å². The summed E-state index contributed by atoms with van der Waals surface area (Å²) in [6.45, 7) is 2.44. The summed E-state index contributed by atoms with van der Waals surface area (Å²) in [5.74, 6) is -2.24. The topological polar surface area (TPSA) is 75.2 Å². The summed E-state index contributed by atoms with van der Waals surface area (Å²) in [6, 6.07) is 3.00. The molecular formula is C15H14F2N4O2S2. The predicted molar refractivity (Wildman–Crippen MR) is 90.7 cm³/mol. The van der Waals surface area contributed by atoms with Crippen LogP contribution in [-0.2, 0) is 4.79 Å². The Bertz CT molecular complexity index is 809. The summed E-state index contributed by atoms with van der Waals surface area (Å²) in [4.78, 5) is 25.7. The number of hydrogen-bond donors (Lipinski definition) is 1. The minimum absolute atomic E-state index is 0.0584. The number of carbonyl (C=O) groups excluding carboxylic acids is 2. The molecule has 6 nitrogen and oxygen atoms in total. The van der Waals surface area contributed by atoms with Crippen molar-refractivity contribution in [3.05, 3.63) is 35.4 Å². The largest absolute Gasteiger partial charge is 0.337 e. The smallest absolute Gasteiger partial charge is 0.254 e. The molecule has 2 amide bonds. The maximum absolute atomic E-state index is 13.2. The summed E-state index contributed by atoms with van der Waals surface area (Å²) in [5, 5.41) is 10.9. The second-order valence-electron chi connectivity index (χ2n) is 5.33. The molecule has 0 spiro atoms. The third kappa shape index (κ3) is 3.96. The summed E-state index contributed by atoms with van der Waals surface area (Å²) >= 11 is 2.83. The lowest BCUT2D eigenvalue weighted by Crippen LogP contribution is -2.54. The third-order valence-electron chi connectivity index (χ3n) is 3.61. The standard InChI is InChI=1S/C15H14F2N4O2S2/c1-2-24-15-20-19-14(25-15)18-12(22)9-6-21(7-9)13(23)8-3-4-10(16)11(17)5-8/h3-5,9H,2,6-7H2,1H3,(H,18,19,22). The second kappa shape index (κ2) is 7.44. The monoisotopic (exact) mass is 384 g/mol. The molecule has 2 aromatic rings. The Hall–Kier alpha value is -2.07. The van der Waals surface area contributed by atoms with Crippen molar-refractivity contribution in [3.8, 4) is 0 Å². The number of likely N-dealkylation sites (tertiary alicyclic amines) is 1. The first-order valence-corrected chi connectivity index (χ1v) is 9.29. The molecule has 1 aromatic heterocycles. The van der Waals surface area contributed by atoms with Crippen LogP contribution < -0.4 is 5.32 Å². The van der Waals surface area contributed by atoms with Crippen LogP contribution in [0.3, 0.4) is 0 Å². The molecule has 0 radical (unpaired) electrons. The molecule has 0 saturated carbocycles. The fourth-order valence-corrected chi connectivity index (χ4v) is 3.92. The Kier molecular flexibility index (Phi) is 5.28. The number of benzene rings is 1. The molecule has 3 rings (SSSR count). The van der Waals surface area contributed by atoms with Gasteiger partial charge in [0.15, 0.2) is 16.0 Å². The Labute approximate surface area is 150 Å². The van der Waals surface area contributed by atoms with Crippen LogP contribution in [0.1, 0.15) is 17.3 Å². The van der Waals surface area contributed by atoms with Gasteiger partial charge in [-0.1, -0.05) is 30.0 Å². The maximum atomic E-state index is 13.2. The van der Waals surface area contributed by atoms with Crippen LogP contribution >= 0.6 is 23.1 Å². The van der Waals surface area contributed by atoms with Crippen molar-refractivity contribution in [2.45, 2.75) is 11.3 Å². The molecule has 0 aliphatic carbocycles. The number of nitrogens with zero attached hydrogens (tertiary/aromatic N) is 3. The highest BCUT2D eigenvalue weighted by Crippen LogP contribution is 2.26. The maximum Gasteiger partial charge on any atom is 0.254 e. The van der Waals surface area contributed by atoms with Gasteiger partial charge in [-0.3, -0.25) is 9.59 Å². The number of anilines is 1. The van der Waals surface area contributed by atoms with E-state index in [1.165, 1.54) is 34.1 Å². The molecular weight excluding hydrogens is 370 g/mol. The van der Waals surface area contributed by atoms with Gasteiger partial charge in [0, 0.05) is 18.7 Å². The average Bonchev–Trinajstić information content (AvgIpc) is 2.96. The van der Waals surface area contributed by atoms with Crippen LogP contribution in [0.2, 0.25) is 0 Å². The molecule has 0 atom stereocenters. The zero-order valence-electron chi connectivity index (χ0n) is 13.2. The number of carbonyl (C=O) groups is 2. The van der Waals surface area contributed by atoms with Crippen molar-refractivity contribution in [1.82, 2.24) is 15.1 Å². The normalized spacial score (nSPS) is 14.3. The number of amides is 2. The van der Waals surface area contributed by atoms with Crippen molar-refractivity contribution in [1.29, 1.82) is 0 Å². The third-order valence-corrected chi connectivity index (χ3v) is 5.46. The molecule has 132 valence electrons. The van der Waals surface area contributed by atoms with E-state index < -0.39 is 17.5 Å². The lowest BCUT2D eigenvalue weighted by Gasteiger charge is -2.38. The number of thioether (sulfide) groups is 1. The number of halogens is 2. The molecule has 10 heteroatoms. The summed E-state index contributed by atoms with van der Waals surface area (Å²) in [6.07, 6.45) is 0. The molecule has 1 fully saturated rings. The van der Waals surface area contributed by atoms with Gasteiger partial charge in [0.05, 0.1) is 5.92 Å². The van der Waals surface area contributed by atoms with E-state index in [-0.39, 0.29) is 30.5 Å². The van der Waals surface area contributed by atoms with Crippen molar-refractivity contribution >= 4 is 40.0 Å². The summed E-state index contributed by atoms with van der Waals surface area (Å²) in [5.41, 5.74) is 0.0584. The fourth-order valence-electron chi connectivity index (χ4n) is 2.27. The zero-order chi connectivity index (χ0) is 18.0. The molecule has 2 heterocycles. The number of hydrogen-bond acceptors (Lipinski definition) is 6. The van der Waals surface area contributed by atoms with E-state index in [4.69, 9.17) is 0 Å². The zero-order valence-corrected chi connectivity index (χ0v) is 14.8. The minimum Gasteiger partial charge on any atom is -0.337 e. The molecule has 1 aromatic carbocycles. The summed E-state index contributed by atoms with van der Waals surface area (Å²) < 4.78 is 26.9. The van der Waals surface area contributed by atoms with E-state index >= 15 is 0 Å². The van der Waals surface area contributed by atoms with Gasteiger partial charge in [-0.15, -0.1) is 10.2 Å². The lowest BCUT2D eigenvalue weighted by atomic mass is 9.98. The van der Waals surface area contributed by atoms with Crippen molar-refractivity contribution < 1.29 is 18.4 Å². The highest BCUT2D eigenvalue weighted by molar-refractivity contribution is 8.01. The molecule has 25 heavy (non-hydrogen) atoms. The molecule has 0 unspecified atom stereocenters. The second-order valence-corrected chi connectivity index (χ2v) is 7.82. The van der Waals surface area contributed by atoms with Gasteiger partial charge in [0.2, 0.25) is 11.0 Å². The molecule has 1 N–H and O–H groups in total. The first kappa shape index (κ1) is 17.7. The van der Waals surface area contributed by atoms with E-state index in [0.717, 1.165) is 22.2 Å². The van der Waals surface area contributed by atoms with Crippen LogP contribution in [0.15, 0.2) is 22.5 Å². The minimum atomic E-state index is -1.07. The average molecular weight is 384 g/mol. The Morgan fingerprint density at radius 3 is 2.76 bits per heavy atom. The van der Waals surface area contributed by atoms with Crippen LogP contribution in [0, 0.1) is 17.6 Å². The highest BCUT2D eigenvalue weighted by Gasteiger charge is 2.36. The molecule has 1 aliphatic heterocycles. The van der Waals surface area contributed by atoms with Gasteiger partial charge in [-0.2, -0.15) is 0 Å². The SMILES string of the molecule is CCSc1nnc(NC(=O)C2CN(C(=O)c3ccc(F)c(F)c3)C2)s1. The lowest BCUT2D eigenvalue weighted by molar-refractivity contribution is -0.123. The van der Waals surface area contributed by atoms with Crippen molar-refractivity contribution in [3.63, 3.8) is 0 Å². The van der Waals surface area contributed by atoms with Gasteiger partial charge in [-0.05, 0) is 24.0 Å². The Balaban J connectivity index is 1.53. The number of rotatable bonds is 5. The van der Waals surface area contributed by atoms with Crippen LogP contribution in [0.5, 0.6) is 0 Å². The number of nitrogens with one attached hydrogen (secondary N) is 1. The molecule has 1 saturated heterocycles. The van der Waals surface area contributed by atoms with E-state index in [1.807, 2.05) is 6.92 Å². The van der Waals surface area contributed by atoms with Gasteiger partial charge in [-0.25, -0.2) is 8.78 Å². The number of aromatic nitrogens is 2. The van der Waals surface area contributed by atoms with E-state index in [1.54, 1.807) is 0 Å². The predicted octanol–water partition coefficient (Wildman–Crippen LogP) is 2.64. The van der Waals surface area contributed by atoms with Crippen molar-refractivity contribution in [2.75, 3.05) is 24.2 Å². The fraction of sp³-hybridized carbons (Fsp3) is 0.333.